The minimum atomic E-state index is 0.733. The van der Waals surface area contributed by atoms with Crippen molar-refractivity contribution in [3.05, 3.63) is 45.4 Å². The molecule has 6 heterocycles. The number of rotatable bonds is 53. The number of hydrogen-bond donors (Lipinski definition) is 0. The first-order valence-corrected chi connectivity index (χ1v) is 41.1. The van der Waals surface area contributed by atoms with Crippen molar-refractivity contribution in [1.29, 1.82) is 0 Å². The van der Waals surface area contributed by atoms with Gasteiger partial charge in [-0.2, -0.15) is 0 Å². The van der Waals surface area contributed by atoms with Crippen LogP contribution in [-0.4, -0.2) is 23.2 Å². The molecule has 0 unspecified atom stereocenters. The molecule has 4 nitrogen and oxygen atoms in total. The Morgan fingerprint density at radius 1 is 0.314 bits per heavy atom. The number of aromatic nitrogens is 2. The van der Waals surface area contributed by atoms with Gasteiger partial charge < -0.3 is 9.47 Å². The van der Waals surface area contributed by atoms with Crippen LogP contribution in [0.3, 0.4) is 0 Å². The molecule has 0 N–H and O–H groups in total. The molecule has 480 valence electrons. The van der Waals surface area contributed by atoms with E-state index in [4.69, 9.17) is 19.4 Å². The van der Waals surface area contributed by atoms with Crippen molar-refractivity contribution in [2.75, 3.05) is 13.2 Å². The molecule has 0 fully saturated rings. The Morgan fingerprint density at radius 2 is 0.651 bits per heavy atom. The maximum absolute atomic E-state index is 7.21. The molecule has 0 spiro atoms. The van der Waals surface area contributed by atoms with Crippen LogP contribution in [0.5, 0.6) is 11.5 Å². The first-order chi connectivity index (χ1) is 42.4. The fraction of sp³-hybridized carbons (Fsp3) is 0.711. The van der Waals surface area contributed by atoms with Gasteiger partial charge in [-0.1, -0.05) is 285 Å². The van der Waals surface area contributed by atoms with Crippen LogP contribution in [0.2, 0.25) is 0 Å². The number of nitrogens with zero attached hydrogens (tertiary/aromatic N) is 2. The summed E-state index contributed by atoms with van der Waals surface area (Å²) in [4.78, 5) is 19.1. The van der Waals surface area contributed by atoms with Crippen LogP contribution in [0.4, 0.5) is 0 Å². The zero-order valence-corrected chi connectivity index (χ0v) is 60.3. The van der Waals surface area contributed by atoms with E-state index < -0.39 is 0 Å². The summed E-state index contributed by atoms with van der Waals surface area (Å²) in [6.07, 6.45) is 61.3. The number of benzene rings is 1. The van der Waals surface area contributed by atoms with Gasteiger partial charge in [0.05, 0.1) is 48.6 Å². The van der Waals surface area contributed by atoms with Gasteiger partial charge in [-0.25, -0.2) is 9.97 Å². The molecule has 0 saturated heterocycles. The third kappa shape index (κ3) is 24.4. The summed E-state index contributed by atoms with van der Waals surface area (Å²) in [5.41, 5.74) is 2.59. The molecular weight excluding hydrogens is 1170 g/mol. The third-order valence-electron chi connectivity index (χ3n) is 18.0. The largest absolute Gasteiger partial charge is 0.491 e. The van der Waals surface area contributed by atoms with Gasteiger partial charge >= 0.3 is 0 Å². The Morgan fingerprint density at radius 3 is 1.05 bits per heavy atom. The minimum Gasteiger partial charge on any atom is -0.491 e. The molecule has 0 radical (unpaired) electrons. The predicted octanol–water partition coefficient (Wildman–Crippen LogP) is 29.0. The first kappa shape index (κ1) is 71.1. The fourth-order valence-electron chi connectivity index (χ4n) is 12.6. The summed E-state index contributed by atoms with van der Waals surface area (Å²) in [7, 11) is 0. The molecule has 10 heteroatoms. The van der Waals surface area contributed by atoms with E-state index in [9.17, 15) is 0 Å². The van der Waals surface area contributed by atoms with Crippen LogP contribution in [-0.2, 0) is 12.8 Å². The van der Waals surface area contributed by atoms with E-state index >= 15 is 0 Å². The van der Waals surface area contributed by atoms with Crippen LogP contribution in [0.15, 0.2) is 24.3 Å². The van der Waals surface area contributed by atoms with Crippen LogP contribution in [0.1, 0.15) is 331 Å². The van der Waals surface area contributed by atoms with E-state index in [2.05, 4.69) is 65.8 Å². The van der Waals surface area contributed by atoms with E-state index in [-0.39, 0.29) is 0 Å². The lowest BCUT2D eigenvalue weighted by Crippen LogP contribution is -2.00. The highest BCUT2D eigenvalue weighted by Gasteiger charge is 2.26. The lowest BCUT2D eigenvalue weighted by molar-refractivity contribution is 0.307. The Balaban J connectivity index is 1.13. The molecule has 0 aliphatic rings. The molecule has 7 aromatic rings. The smallest absolute Gasteiger partial charge is 0.146 e. The second-order valence-corrected chi connectivity index (χ2v) is 32.4. The van der Waals surface area contributed by atoms with Crippen LogP contribution in [0.25, 0.3) is 59.1 Å². The van der Waals surface area contributed by atoms with Crippen molar-refractivity contribution in [2.45, 2.75) is 337 Å². The predicted molar refractivity (Wildman–Crippen MR) is 392 cm³/mol. The molecule has 7 rings (SSSR count). The molecule has 6 aromatic heterocycles. The van der Waals surface area contributed by atoms with Crippen molar-refractivity contribution in [1.82, 2.24) is 9.97 Å². The van der Waals surface area contributed by atoms with Gasteiger partial charge in [0.2, 0.25) is 0 Å². The number of thiazole rings is 2. The Bertz CT molecular complexity index is 2760. The highest BCUT2D eigenvalue weighted by Crippen LogP contribution is 2.54. The monoisotopic (exact) mass is 1280 g/mol. The van der Waals surface area contributed by atoms with Gasteiger partial charge in [-0.15, -0.1) is 68.0 Å². The summed E-state index contributed by atoms with van der Waals surface area (Å²) in [6.45, 7) is 15.3. The number of ether oxygens (including phenoxy) is 2. The summed E-state index contributed by atoms with van der Waals surface area (Å²) in [6, 6.07) is 9.73. The Hall–Kier alpha value is -2.34. The lowest BCUT2D eigenvalue weighted by Gasteiger charge is -2.14. The van der Waals surface area contributed by atoms with Gasteiger partial charge in [0, 0.05) is 34.8 Å². The number of fused-ring (bicyclic) bond motifs is 3. The molecular formula is C76H118N2O2S6. The molecule has 1 aromatic carbocycles. The summed E-state index contributed by atoms with van der Waals surface area (Å²) < 4.78 is 19.7. The average Bonchev–Trinajstić information content (AvgIpc) is 1.68. The number of hydrogen-bond acceptors (Lipinski definition) is 10. The molecule has 0 bridgehead atoms. The zero-order valence-electron chi connectivity index (χ0n) is 55.4. The van der Waals surface area contributed by atoms with Crippen molar-refractivity contribution in [3.63, 3.8) is 0 Å². The van der Waals surface area contributed by atoms with E-state index in [0.717, 1.165) is 60.4 Å². The second kappa shape index (κ2) is 42.7. The number of thiophene rings is 4. The number of unbranched alkanes of at least 4 members (excludes halogenated alkanes) is 40. The first-order valence-electron chi connectivity index (χ1n) is 36.2. The zero-order chi connectivity index (χ0) is 60.2. The Kier molecular flexibility index (Phi) is 35.3. The standard InChI is InChI=1S/C76H118N2O2S6/c1-7-11-15-19-23-27-31-33-35-39-43-47-51-63-60(6)82-75(77-63)68-56-61-70(79-53-49-45-41-37-29-25-21-17-13-9-3)73-62(71(72(61)84-68)80-54-50-46-42-38-30-26-22-18-14-10-4)57-69(85-73)76-78-64(52-48-44-40-36-34-32-28-24-20-16-12-8-2)74(86-76)67-58-66-65(83-67)55-59(5)81-66/h55-58H,7-54H2,1-6H3. The molecule has 0 amide bonds. The molecule has 86 heavy (non-hydrogen) atoms. The fourth-order valence-corrected chi connectivity index (χ4v) is 19.6. The van der Waals surface area contributed by atoms with E-state index in [1.54, 1.807) is 0 Å². The average molecular weight is 1280 g/mol. The maximum atomic E-state index is 7.21. The molecule has 0 saturated carbocycles. The van der Waals surface area contributed by atoms with E-state index in [1.165, 1.54) is 340 Å². The van der Waals surface area contributed by atoms with Gasteiger partial charge in [0.25, 0.3) is 0 Å². The quantitative estimate of drug-likeness (QED) is 0.0357. The van der Waals surface area contributed by atoms with Gasteiger partial charge in [-0.3, -0.25) is 0 Å². The van der Waals surface area contributed by atoms with Gasteiger partial charge in [0.1, 0.15) is 21.5 Å². The summed E-state index contributed by atoms with van der Waals surface area (Å²) >= 11 is 11.5. The van der Waals surface area contributed by atoms with Crippen molar-refractivity contribution >= 4 is 97.6 Å². The maximum Gasteiger partial charge on any atom is 0.146 e. The highest BCUT2D eigenvalue weighted by molar-refractivity contribution is 7.32. The SMILES string of the molecule is CCCCCCCCCCCCCCc1nc(-c2cc3c(OCCCCCCCCCCCC)c4sc(-c5nc(CCCCCCCCCCCCCC)c(-c6cc7sc(C)cc7s6)s5)cc4c(OCCCCCCCCCCCC)c3s2)sc1C. The van der Waals surface area contributed by atoms with Gasteiger partial charge in [-0.05, 0) is 76.6 Å². The second-order valence-electron chi connectivity index (χ2n) is 25.7. The van der Waals surface area contributed by atoms with Crippen LogP contribution >= 0.6 is 68.0 Å². The Labute approximate surface area is 549 Å². The lowest BCUT2D eigenvalue weighted by atomic mass is 10.0. The third-order valence-corrected chi connectivity index (χ3v) is 25.1. The van der Waals surface area contributed by atoms with Crippen molar-refractivity contribution in [3.8, 4) is 41.0 Å². The van der Waals surface area contributed by atoms with Crippen molar-refractivity contribution < 1.29 is 9.47 Å². The van der Waals surface area contributed by atoms with E-state index in [1.807, 2.05) is 68.0 Å². The summed E-state index contributed by atoms with van der Waals surface area (Å²) in [5, 5.41) is 4.70. The molecule has 0 atom stereocenters. The normalized spacial score (nSPS) is 12.0. The minimum absolute atomic E-state index is 0.733. The summed E-state index contributed by atoms with van der Waals surface area (Å²) in [5.74, 6) is 2.09. The van der Waals surface area contributed by atoms with Gasteiger partial charge in [0.15, 0.2) is 0 Å². The highest BCUT2D eigenvalue weighted by atomic mass is 32.1. The number of aryl methyl sites for hydroxylation is 4. The van der Waals surface area contributed by atoms with Crippen molar-refractivity contribution in [2.24, 2.45) is 0 Å². The molecule has 0 aliphatic heterocycles. The van der Waals surface area contributed by atoms with Crippen LogP contribution < -0.4 is 9.47 Å². The van der Waals surface area contributed by atoms with Crippen LogP contribution in [0, 0.1) is 13.8 Å². The van der Waals surface area contributed by atoms with E-state index in [0.29, 0.717) is 0 Å². The topological polar surface area (TPSA) is 44.2 Å². The molecule has 0 aliphatic carbocycles.